The van der Waals surface area contributed by atoms with E-state index < -0.39 is 0 Å². The van der Waals surface area contributed by atoms with E-state index >= 15 is 0 Å². The van der Waals surface area contributed by atoms with Crippen LogP contribution in [-0.4, -0.2) is 28.7 Å². The fourth-order valence-corrected chi connectivity index (χ4v) is 4.91. The van der Waals surface area contributed by atoms with Crippen LogP contribution in [0.5, 0.6) is 0 Å². The molecule has 3 heterocycles. The van der Waals surface area contributed by atoms with E-state index in [4.69, 9.17) is 9.72 Å². The van der Waals surface area contributed by atoms with Crippen LogP contribution in [0, 0.1) is 5.82 Å². The topological polar surface area (TPSA) is 47.0 Å². The van der Waals surface area contributed by atoms with E-state index in [1.54, 1.807) is 6.20 Å². The fourth-order valence-electron chi connectivity index (χ4n) is 4.91. The summed E-state index contributed by atoms with van der Waals surface area (Å²) in [6.45, 7) is 2.30. The van der Waals surface area contributed by atoms with E-state index in [2.05, 4.69) is 22.4 Å². The number of ether oxygens (including phenoxy) is 1. The lowest BCUT2D eigenvalue weighted by Crippen LogP contribution is -2.47. The third kappa shape index (κ3) is 4.19. The van der Waals surface area contributed by atoms with Crippen molar-refractivity contribution >= 4 is 0 Å². The van der Waals surface area contributed by atoms with Gasteiger partial charge in [-0.1, -0.05) is 18.9 Å². The monoisotopic (exact) mass is 369 g/mol. The molecule has 144 valence electrons. The van der Waals surface area contributed by atoms with E-state index in [0.717, 1.165) is 38.0 Å². The van der Waals surface area contributed by atoms with Crippen LogP contribution in [0.2, 0.25) is 0 Å². The minimum atomic E-state index is -0.285. The molecule has 2 aromatic rings. The Morgan fingerprint density at radius 2 is 2.04 bits per heavy atom. The lowest BCUT2D eigenvalue weighted by atomic mass is 9.68. The maximum Gasteiger partial charge on any atom is 0.141 e. The van der Waals surface area contributed by atoms with Crippen molar-refractivity contribution in [3.05, 3.63) is 59.9 Å². The number of hydrogen-bond donors (Lipinski definition) is 1. The summed E-state index contributed by atoms with van der Waals surface area (Å²) in [5, 5.41) is 3.47. The Balaban J connectivity index is 1.45. The van der Waals surface area contributed by atoms with Gasteiger partial charge in [0.25, 0.3) is 0 Å². The lowest BCUT2D eigenvalue weighted by molar-refractivity contribution is -0.104. The number of halogens is 1. The minimum absolute atomic E-state index is 0.0439. The molecule has 2 aliphatic rings. The summed E-state index contributed by atoms with van der Waals surface area (Å²) >= 11 is 0. The molecule has 1 aliphatic carbocycles. The average Bonchev–Trinajstić information content (AvgIpc) is 3.13. The molecule has 4 rings (SSSR count). The molecule has 4 nitrogen and oxygen atoms in total. The third-order valence-corrected chi connectivity index (χ3v) is 6.24. The second-order valence-corrected chi connectivity index (χ2v) is 8.10. The van der Waals surface area contributed by atoms with Crippen LogP contribution < -0.4 is 5.32 Å². The SMILES string of the molecule is Fc1cncc(CNCCC2(c3ccccn3)CCOC3(CCCC3)C2)c1. The van der Waals surface area contributed by atoms with Crippen molar-refractivity contribution in [3.8, 4) is 0 Å². The number of pyridine rings is 2. The van der Waals surface area contributed by atoms with Crippen LogP contribution in [0.1, 0.15) is 56.2 Å². The lowest BCUT2D eigenvalue weighted by Gasteiger charge is -2.46. The molecule has 2 fully saturated rings. The van der Waals surface area contributed by atoms with Gasteiger partial charge in [0.05, 0.1) is 11.8 Å². The molecule has 0 amide bonds. The standard InChI is InChI=1S/C22H28FN3O/c23-19-13-18(15-25-16-19)14-24-11-8-21(20-5-1-4-10-26-20)9-12-27-22(17-21)6-2-3-7-22/h1,4-5,10,13,15-16,24H,2-3,6-9,11-12,14,17H2. The molecule has 1 saturated heterocycles. The van der Waals surface area contributed by atoms with Crippen LogP contribution >= 0.6 is 0 Å². The van der Waals surface area contributed by atoms with Gasteiger partial charge in [0.15, 0.2) is 0 Å². The summed E-state index contributed by atoms with van der Waals surface area (Å²) < 4.78 is 19.6. The predicted molar refractivity (Wildman–Crippen MR) is 103 cm³/mol. The van der Waals surface area contributed by atoms with Gasteiger partial charge in [-0.25, -0.2) is 4.39 Å². The van der Waals surface area contributed by atoms with E-state index in [9.17, 15) is 4.39 Å². The highest BCUT2D eigenvalue weighted by Gasteiger charge is 2.48. The van der Waals surface area contributed by atoms with Gasteiger partial charge in [0.1, 0.15) is 5.82 Å². The summed E-state index contributed by atoms with van der Waals surface area (Å²) in [5.41, 5.74) is 2.16. The van der Waals surface area contributed by atoms with Crippen LogP contribution in [0.15, 0.2) is 42.9 Å². The number of hydrogen-bond acceptors (Lipinski definition) is 4. The first kappa shape index (κ1) is 18.5. The second kappa shape index (κ2) is 8.03. The highest BCUT2D eigenvalue weighted by atomic mass is 19.1. The largest absolute Gasteiger partial charge is 0.375 e. The molecule has 1 spiro atoms. The van der Waals surface area contributed by atoms with Crippen molar-refractivity contribution in [3.63, 3.8) is 0 Å². The third-order valence-electron chi connectivity index (χ3n) is 6.24. The molecule has 2 aromatic heterocycles. The van der Waals surface area contributed by atoms with Crippen LogP contribution in [0.25, 0.3) is 0 Å². The molecule has 0 aromatic carbocycles. The van der Waals surface area contributed by atoms with Crippen molar-refractivity contribution < 1.29 is 9.13 Å². The highest BCUT2D eigenvalue weighted by Crippen LogP contribution is 2.49. The van der Waals surface area contributed by atoms with Crippen LogP contribution in [0.4, 0.5) is 4.39 Å². The Kier molecular flexibility index (Phi) is 5.50. The highest BCUT2D eigenvalue weighted by molar-refractivity contribution is 5.21. The van der Waals surface area contributed by atoms with Crippen molar-refractivity contribution in [2.45, 2.75) is 62.5 Å². The summed E-state index contributed by atoms with van der Waals surface area (Å²) in [6.07, 6.45) is 12.8. The van der Waals surface area contributed by atoms with Crippen LogP contribution in [-0.2, 0) is 16.7 Å². The second-order valence-electron chi connectivity index (χ2n) is 8.10. The smallest absolute Gasteiger partial charge is 0.141 e. The van der Waals surface area contributed by atoms with Gasteiger partial charge in [-0.3, -0.25) is 9.97 Å². The van der Waals surface area contributed by atoms with E-state index in [-0.39, 0.29) is 16.8 Å². The molecule has 1 N–H and O–H groups in total. The zero-order valence-corrected chi connectivity index (χ0v) is 15.8. The fraction of sp³-hybridized carbons (Fsp3) is 0.545. The zero-order valence-electron chi connectivity index (χ0n) is 15.8. The van der Waals surface area contributed by atoms with E-state index in [1.807, 2.05) is 12.3 Å². The Hall–Kier alpha value is -1.85. The first-order chi connectivity index (χ1) is 13.2. The Bertz CT molecular complexity index is 748. The van der Waals surface area contributed by atoms with Gasteiger partial charge in [0, 0.05) is 36.7 Å². The number of nitrogens with zero attached hydrogens (tertiary/aromatic N) is 2. The molecule has 1 atom stereocenters. The summed E-state index contributed by atoms with van der Waals surface area (Å²) in [6, 6.07) is 7.78. The van der Waals surface area contributed by atoms with Gasteiger partial charge in [0.2, 0.25) is 0 Å². The number of nitrogens with one attached hydrogen (secondary N) is 1. The van der Waals surface area contributed by atoms with Crippen molar-refractivity contribution in [1.82, 2.24) is 15.3 Å². The maximum atomic E-state index is 13.3. The first-order valence-electron chi connectivity index (χ1n) is 10.1. The van der Waals surface area contributed by atoms with Crippen molar-refractivity contribution in [2.24, 2.45) is 0 Å². The van der Waals surface area contributed by atoms with E-state index in [1.165, 1.54) is 43.6 Å². The maximum absolute atomic E-state index is 13.3. The molecular formula is C22H28FN3O. The first-order valence-corrected chi connectivity index (χ1v) is 10.1. The summed E-state index contributed by atoms with van der Waals surface area (Å²) in [4.78, 5) is 8.66. The quantitative estimate of drug-likeness (QED) is 0.777. The molecule has 27 heavy (non-hydrogen) atoms. The van der Waals surface area contributed by atoms with Gasteiger partial charge in [-0.15, -0.1) is 0 Å². The summed E-state index contributed by atoms with van der Waals surface area (Å²) in [7, 11) is 0. The van der Waals surface area contributed by atoms with Gasteiger partial charge in [-0.05, 0) is 62.4 Å². The predicted octanol–water partition coefficient (Wildman–Crippen LogP) is 4.16. The zero-order chi connectivity index (χ0) is 18.6. The van der Waals surface area contributed by atoms with Gasteiger partial charge < -0.3 is 10.1 Å². The molecule has 5 heteroatoms. The van der Waals surface area contributed by atoms with Crippen molar-refractivity contribution in [1.29, 1.82) is 0 Å². The van der Waals surface area contributed by atoms with Gasteiger partial charge >= 0.3 is 0 Å². The Morgan fingerprint density at radius 3 is 2.81 bits per heavy atom. The van der Waals surface area contributed by atoms with Crippen molar-refractivity contribution in [2.75, 3.05) is 13.2 Å². The minimum Gasteiger partial charge on any atom is -0.375 e. The molecule has 0 bridgehead atoms. The van der Waals surface area contributed by atoms with Crippen LogP contribution in [0.3, 0.4) is 0 Å². The number of rotatable bonds is 6. The van der Waals surface area contributed by atoms with E-state index in [0.29, 0.717) is 6.54 Å². The Morgan fingerprint density at radius 1 is 1.15 bits per heavy atom. The molecule has 0 radical (unpaired) electrons. The number of aromatic nitrogens is 2. The molecule has 1 unspecified atom stereocenters. The Labute approximate surface area is 160 Å². The summed E-state index contributed by atoms with van der Waals surface area (Å²) in [5.74, 6) is -0.285. The molecule has 1 aliphatic heterocycles. The molecule has 1 saturated carbocycles. The molecular weight excluding hydrogens is 341 g/mol. The van der Waals surface area contributed by atoms with Gasteiger partial charge in [-0.2, -0.15) is 0 Å². The normalized spacial score (nSPS) is 24.3. The average molecular weight is 369 g/mol.